The van der Waals surface area contributed by atoms with Crippen LogP contribution in [0.2, 0.25) is 0 Å². The molecular weight excluding hydrogens is 381 g/mol. The Morgan fingerprint density at radius 3 is 2.53 bits per heavy atom. The first kappa shape index (κ1) is 19.1. The third kappa shape index (κ3) is 3.56. The predicted molar refractivity (Wildman–Crippen MR) is 112 cm³/mol. The van der Waals surface area contributed by atoms with Gasteiger partial charge in [-0.3, -0.25) is 4.90 Å². The molecule has 0 radical (unpaired) electrons. The summed E-state index contributed by atoms with van der Waals surface area (Å²) in [5.41, 5.74) is 3.56. The first-order chi connectivity index (χ1) is 14.4. The van der Waals surface area contributed by atoms with Crippen LogP contribution in [-0.4, -0.2) is 47.2 Å². The molecule has 0 saturated carbocycles. The van der Waals surface area contributed by atoms with Crippen molar-refractivity contribution in [2.45, 2.75) is 51.5 Å². The molecule has 0 unspecified atom stereocenters. The van der Waals surface area contributed by atoms with E-state index in [0.717, 1.165) is 61.0 Å². The molecule has 0 atom stereocenters. The van der Waals surface area contributed by atoms with Crippen molar-refractivity contribution < 1.29 is 4.39 Å². The van der Waals surface area contributed by atoms with Crippen molar-refractivity contribution in [3.63, 3.8) is 0 Å². The van der Waals surface area contributed by atoms with Gasteiger partial charge in [-0.2, -0.15) is 9.61 Å². The Morgan fingerprint density at radius 2 is 1.77 bits per heavy atom. The third-order valence-electron chi connectivity index (χ3n) is 5.86. The maximum absolute atomic E-state index is 13.4. The van der Waals surface area contributed by atoms with E-state index in [1.165, 1.54) is 12.3 Å². The molecule has 5 rings (SSSR count). The SMILES string of the molecule is CC(C)(C)c1ccc2nnc(C3CCN(Cc4cn5cc(F)ccc5n4)CC3)n2n1. The topological polar surface area (TPSA) is 63.6 Å². The van der Waals surface area contributed by atoms with E-state index in [4.69, 9.17) is 5.10 Å². The Bertz CT molecular complexity index is 1200. The number of nitrogens with zero attached hydrogens (tertiary/aromatic N) is 7. The molecule has 4 aromatic rings. The molecule has 1 aliphatic heterocycles. The van der Waals surface area contributed by atoms with Crippen LogP contribution in [0.1, 0.15) is 56.7 Å². The Morgan fingerprint density at radius 1 is 1.00 bits per heavy atom. The van der Waals surface area contributed by atoms with Crippen LogP contribution < -0.4 is 0 Å². The van der Waals surface area contributed by atoms with Crippen LogP contribution in [0.15, 0.2) is 36.7 Å². The maximum Gasteiger partial charge on any atom is 0.177 e. The van der Waals surface area contributed by atoms with Crippen LogP contribution in [-0.2, 0) is 12.0 Å². The van der Waals surface area contributed by atoms with E-state index in [1.54, 1.807) is 10.5 Å². The molecule has 0 aliphatic carbocycles. The van der Waals surface area contributed by atoms with E-state index in [-0.39, 0.29) is 11.2 Å². The third-order valence-corrected chi connectivity index (χ3v) is 5.86. The molecule has 1 aliphatic rings. The highest BCUT2D eigenvalue weighted by atomic mass is 19.1. The van der Waals surface area contributed by atoms with Gasteiger partial charge < -0.3 is 4.40 Å². The van der Waals surface area contributed by atoms with Crippen LogP contribution in [0.4, 0.5) is 4.39 Å². The van der Waals surface area contributed by atoms with Crippen LogP contribution in [0.3, 0.4) is 0 Å². The van der Waals surface area contributed by atoms with Gasteiger partial charge in [-0.15, -0.1) is 10.2 Å². The second kappa shape index (κ2) is 7.12. The smallest absolute Gasteiger partial charge is 0.177 e. The van der Waals surface area contributed by atoms with Crippen molar-refractivity contribution in [1.82, 2.24) is 34.1 Å². The van der Waals surface area contributed by atoms with E-state index in [1.807, 2.05) is 22.8 Å². The number of halogens is 1. The van der Waals surface area contributed by atoms with Gasteiger partial charge in [0.25, 0.3) is 0 Å². The summed E-state index contributed by atoms with van der Waals surface area (Å²) in [4.78, 5) is 7.00. The van der Waals surface area contributed by atoms with Gasteiger partial charge in [-0.25, -0.2) is 9.37 Å². The number of aromatic nitrogens is 6. The Kier molecular flexibility index (Phi) is 4.54. The molecule has 1 fully saturated rings. The number of hydrogen-bond acceptors (Lipinski definition) is 5. The zero-order valence-electron chi connectivity index (χ0n) is 17.6. The normalized spacial score (nSPS) is 16.7. The number of piperidine rings is 1. The Labute approximate surface area is 174 Å². The summed E-state index contributed by atoms with van der Waals surface area (Å²) in [6, 6.07) is 7.20. The van der Waals surface area contributed by atoms with E-state index >= 15 is 0 Å². The average Bonchev–Trinajstić information content (AvgIpc) is 3.30. The first-order valence-corrected chi connectivity index (χ1v) is 10.5. The van der Waals surface area contributed by atoms with E-state index in [2.05, 4.69) is 40.9 Å². The fraction of sp³-hybridized carbons (Fsp3) is 0.455. The van der Waals surface area contributed by atoms with E-state index in [0.29, 0.717) is 5.92 Å². The van der Waals surface area contributed by atoms with Gasteiger partial charge in [0.15, 0.2) is 11.5 Å². The lowest BCUT2D eigenvalue weighted by atomic mass is 9.92. The molecular formula is C22H26FN7. The number of imidazole rings is 1. The predicted octanol–water partition coefficient (Wildman–Crippen LogP) is 3.59. The summed E-state index contributed by atoms with van der Waals surface area (Å²) in [5.74, 6) is 1.05. The van der Waals surface area contributed by atoms with E-state index in [9.17, 15) is 4.39 Å². The van der Waals surface area contributed by atoms with Crippen LogP contribution in [0.25, 0.3) is 11.3 Å². The molecule has 1 saturated heterocycles. The quantitative estimate of drug-likeness (QED) is 0.519. The fourth-order valence-corrected chi connectivity index (χ4v) is 4.13. The maximum atomic E-state index is 13.4. The zero-order valence-corrected chi connectivity index (χ0v) is 17.6. The van der Waals surface area contributed by atoms with Crippen molar-refractivity contribution in [3.8, 4) is 0 Å². The largest absolute Gasteiger partial charge is 0.304 e. The monoisotopic (exact) mass is 407 g/mol. The number of rotatable bonds is 3. The summed E-state index contributed by atoms with van der Waals surface area (Å²) < 4.78 is 17.1. The number of hydrogen-bond donors (Lipinski definition) is 0. The Hall–Kier alpha value is -2.87. The van der Waals surface area contributed by atoms with Gasteiger partial charge in [0, 0.05) is 30.3 Å². The molecule has 156 valence electrons. The lowest BCUT2D eigenvalue weighted by Crippen LogP contribution is -2.33. The second-order valence-electron chi connectivity index (χ2n) is 9.19. The molecule has 0 bridgehead atoms. The highest BCUT2D eigenvalue weighted by molar-refractivity contribution is 5.40. The zero-order chi connectivity index (χ0) is 20.9. The minimum absolute atomic E-state index is 0.0178. The standard InChI is InChI=1S/C22H26FN7/c1-22(2,3)18-5-7-20-25-26-21(30(20)27-18)15-8-10-28(11-9-15)13-17-14-29-12-16(23)4-6-19(29)24-17/h4-7,12,14-15H,8-11,13H2,1-3H3. The second-order valence-corrected chi connectivity index (χ2v) is 9.19. The lowest BCUT2D eigenvalue weighted by molar-refractivity contribution is 0.199. The highest BCUT2D eigenvalue weighted by Crippen LogP contribution is 2.28. The summed E-state index contributed by atoms with van der Waals surface area (Å²) in [7, 11) is 0. The van der Waals surface area contributed by atoms with Crippen molar-refractivity contribution in [3.05, 3.63) is 59.7 Å². The first-order valence-electron chi connectivity index (χ1n) is 10.5. The van der Waals surface area contributed by atoms with Gasteiger partial charge >= 0.3 is 0 Å². The van der Waals surface area contributed by atoms with Gasteiger partial charge in [-0.1, -0.05) is 20.8 Å². The molecule has 0 N–H and O–H groups in total. The van der Waals surface area contributed by atoms with Crippen LogP contribution >= 0.6 is 0 Å². The van der Waals surface area contributed by atoms with Crippen molar-refractivity contribution >= 4 is 11.3 Å². The fourth-order valence-electron chi connectivity index (χ4n) is 4.13. The van der Waals surface area contributed by atoms with Crippen molar-refractivity contribution in [2.24, 2.45) is 0 Å². The highest BCUT2D eigenvalue weighted by Gasteiger charge is 2.26. The molecule has 7 nitrogen and oxygen atoms in total. The number of fused-ring (bicyclic) bond motifs is 2. The minimum Gasteiger partial charge on any atom is -0.304 e. The van der Waals surface area contributed by atoms with Crippen LogP contribution in [0, 0.1) is 5.82 Å². The number of pyridine rings is 1. The van der Waals surface area contributed by atoms with Crippen molar-refractivity contribution in [2.75, 3.05) is 13.1 Å². The van der Waals surface area contributed by atoms with Gasteiger partial charge in [0.2, 0.25) is 0 Å². The molecule has 0 amide bonds. The summed E-state index contributed by atoms with van der Waals surface area (Å²) in [6.45, 7) is 9.18. The molecule has 0 aromatic carbocycles. The summed E-state index contributed by atoms with van der Waals surface area (Å²) in [5, 5.41) is 13.6. The molecule has 5 heterocycles. The van der Waals surface area contributed by atoms with Crippen LogP contribution in [0.5, 0.6) is 0 Å². The molecule has 4 aromatic heterocycles. The van der Waals surface area contributed by atoms with Crippen molar-refractivity contribution in [1.29, 1.82) is 0 Å². The van der Waals surface area contributed by atoms with E-state index < -0.39 is 0 Å². The lowest BCUT2D eigenvalue weighted by Gasteiger charge is -2.30. The summed E-state index contributed by atoms with van der Waals surface area (Å²) in [6.07, 6.45) is 5.39. The molecule has 0 spiro atoms. The molecule has 30 heavy (non-hydrogen) atoms. The van der Waals surface area contributed by atoms with Gasteiger partial charge in [0.1, 0.15) is 11.5 Å². The average molecular weight is 407 g/mol. The number of likely N-dealkylation sites (tertiary alicyclic amines) is 1. The minimum atomic E-state index is -0.254. The van der Waals surface area contributed by atoms with Gasteiger partial charge in [-0.05, 0) is 50.2 Å². The van der Waals surface area contributed by atoms with Gasteiger partial charge in [0.05, 0.1) is 11.4 Å². The molecule has 8 heteroatoms. The Balaban J connectivity index is 1.29. The summed E-state index contributed by atoms with van der Waals surface area (Å²) >= 11 is 0.